The summed E-state index contributed by atoms with van der Waals surface area (Å²) in [6, 6.07) is 2.14. The van der Waals surface area contributed by atoms with Crippen LogP contribution >= 0.6 is 23.6 Å². The maximum absolute atomic E-state index is 5.41. The number of nitrogens with one attached hydrogen (secondary N) is 1. The number of thiophene rings is 1. The highest BCUT2D eigenvalue weighted by Gasteiger charge is 2.13. The lowest BCUT2D eigenvalue weighted by atomic mass is 10.3. The predicted molar refractivity (Wildman–Crippen MR) is 76.8 cm³/mol. The van der Waals surface area contributed by atoms with Gasteiger partial charge in [-0.15, -0.1) is 11.3 Å². The van der Waals surface area contributed by atoms with Crippen molar-refractivity contribution in [2.24, 2.45) is 7.05 Å². The molecule has 18 heavy (non-hydrogen) atoms. The third kappa shape index (κ3) is 1.64. The SMILES string of the molecule is Cc1ccsc1Cn1c(=S)[nH]c2c(C)nn(C)c21. The lowest BCUT2D eigenvalue weighted by molar-refractivity contribution is 0.717. The fourth-order valence-electron chi connectivity index (χ4n) is 2.23. The summed E-state index contributed by atoms with van der Waals surface area (Å²) in [4.78, 5) is 4.59. The van der Waals surface area contributed by atoms with Crippen LogP contribution in [-0.4, -0.2) is 19.3 Å². The van der Waals surface area contributed by atoms with Gasteiger partial charge in [0, 0.05) is 11.9 Å². The molecule has 0 fully saturated rings. The number of hydrogen-bond donors (Lipinski definition) is 1. The number of H-pyrrole nitrogens is 1. The third-order valence-corrected chi connectivity index (χ3v) is 4.52. The van der Waals surface area contributed by atoms with Crippen molar-refractivity contribution < 1.29 is 0 Å². The summed E-state index contributed by atoms with van der Waals surface area (Å²) in [6.45, 7) is 4.93. The monoisotopic (exact) mass is 278 g/mol. The summed E-state index contributed by atoms with van der Waals surface area (Å²) < 4.78 is 4.76. The second kappa shape index (κ2) is 4.07. The van der Waals surface area contributed by atoms with Crippen LogP contribution in [0.5, 0.6) is 0 Å². The van der Waals surface area contributed by atoms with E-state index in [4.69, 9.17) is 12.2 Å². The highest BCUT2D eigenvalue weighted by Crippen LogP contribution is 2.22. The number of fused-ring (bicyclic) bond motifs is 1. The van der Waals surface area contributed by atoms with Crippen molar-refractivity contribution in [3.05, 3.63) is 32.4 Å². The molecule has 3 heterocycles. The molecule has 3 aromatic heterocycles. The molecule has 0 aliphatic rings. The van der Waals surface area contributed by atoms with Gasteiger partial charge in [-0.25, -0.2) is 0 Å². The molecule has 3 aromatic rings. The zero-order valence-corrected chi connectivity index (χ0v) is 12.2. The van der Waals surface area contributed by atoms with E-state index in [1.54, 1.807) is 11.3 Å². The Morgan fingerprint density at radius 1 is 1.44 bits per heavy atom. The van der Waals surface area contributed by atoms with Crippen molar-refractivity contribution in [1.29, 1.82) is 0 Å². The van der Waals surface area contributed by atoms with Gasteiger partial charge in [-0.05, 0) is 43.1 Å². The van der Waals surface area contributed by atoms with E-state index in [1.165, 1.54) is 10.4 Å². The van der Waals surface area contributed by atoms with Crippen molar-refractivity contribution >= 4 is 34.7 Å². The van der Waals surface area contributed by atoms with E-state index in [0.29, 0.717) is 0 Å². The second-order valence-electron chi connectivity index (χ2n) is 4.45. The molecule has 0 bridgehead atoms. The standard InChI is InChI=1S/C12H14N4S2/c1-7-4-5-18-9(7)6-16-11-10(13-12(16)17)8(2)14-15(11)3/h4-5H,6H2,1-3H3,(H,13,17). The van der Waals surface area contributed by atoms with Gasteiger partial charge >= 0.3 is 0 Å². The molecule has 4 nitrogen and oxygen atoms in total. The number of nitrogens with zero attached hydrogens (tertiary/aromatic N) is 3. The Kier molecular flexibility index (Phi) is 2.64. The molecule has 0 aliphatic heterocycles. The Balaban J connectivity index is 2.20. The van der Waals surface area contributed by atoms with Gasteiger partial charge in [0.15, 0.2) is 10.4 Å². The third-order valence-electron chi connectivity index (χ3n) is 3.19. The topological polar surface area (TPSA) is 38.5 Å². The van der Waals surface area contributed by atoms with E-state index >= 15 is 0 Å². The average molecular weight is 278 g/mol. The first-order valence-electron chi connectivity index (χ1n) is 5.73. The van der Waals surface area contributed by atoms with Crippen molar-refractivity contribution in [3.8, 4) is 0 Å². The second-order valence-corrected chi connectivity index (χ2v) is 5.84. The summed E-state index contributed by atoms with van der Waals surface area (Å²) in [6.07, 6.45) is 0. The van der Waals surface area contributed by atoms with E-state index in [9.17, 15) is 0 Å². The van der Waals surface area contributed by atoms with Gasteiger partial charge in [0.1, 0.15) is 5.52 Å². The van der Waals surface area contributed by atoms with Crippen molar-refractivity contribution in [2.75, 3.05) is 0 Å². The molecule has 0 saturated heterocycles. The van der Waals surface area contributed by atoms with Crippen molar-refractivity contribution in [1.82, 2.24) is 19.3 Å². The lowest BCUT2D eigenvalue weighted by Crippen LogP contribution is -2.04. The zero-order chi connectivity index (χ0) is 12.9. The van der Waals surface area contributed by atoms with E-state index in [2.05, 4.69) is 33.0 Å². The van der Waals surface area contributed by atoms with E-state index in [0.717, 1.165) is 28.2 Å². The Hall–Kier alpha value is -1.40. The van der Waals surface area contributed by atoms with Crippen LogP contribution in [0.1, 0.15) is 16.1 Å². The first-order valence-corrected chi connectivity index (χ1v) is 7.02. The number of aromatic amines is 1. The largest absolute Gasteiger partial charge is 0.328 e. The highest BCUT2D eigenvalue weighted by molar-refractivity contribution is 7.71. The molecule has 0 atom stereocenters. The van der Waals surface area contributed by atoms with Crippen LogP contribution in [-0.2, 0) is 13.6 Å². The molecular formula is C12H14N4S2. The lowest BCUT2D eigenvalue weighted by Gasteiger charge is -2.04. The molecule has 0 aliphatic carbocycles. The van der Waals surface area contributed by atoms with Crippen molar-refractivity contribution in [2.45, 2.75) is 20.4 Å². The predicted octanol–water partition coefficient (Wildman–Crippen LogP) is 3.16. The Bertz CT molecular complexity index is 772. The van der Waals surface area contributed by atoms with Crippen LogP contribution in [0.4, 0.5) is 0 Å². The van der Waals surface area contributed by atoms with Crippen LogP contribution < -0.4 is 0 Å². The Morgan fingerprint density at radius 2 is 2.22 bits per heavy atom. The maximum atomic E-state index is 5.41. The quantitative estimate of drug-likeness (QED) is 0.731. The van der Waals surface area contributed by atoms with Gasteiger partial charge in [-0.3, -0.25) is 9.25 Å². The number of aromatic nitrogens is 4. The first-order chi connectivity index (χ1) is 8.58. The van der Waals surface area contributed by atoms with Gasteiger partial charge in [0.05, 0.1) is 12.2 Å². The first kappa shape index (κ1) is 11.7. The van der Waals surface area contributed by atoms with Gasteiger partial charge in [0.2, 0.25) is 0 Å². The van der Waals surface area contributed by atoms with Gasteiger partial charge in [-0.2, -0.15) is 5.10 Å². The van der Waals surface area contributed by atoms with Crippen LogP contribution in [0.15, 0.2) is 11.4 Å². The summed E-state index contributed by atoms with van der Waals surface area (Å²) in [5.41, 5.74) is 4.40. The van der Waals surface area contributed by atoms with Gasteiger partial charge < -0.3 is 4.98 Å². The normalized spacial score (nSPS) is 11.5. The van der Waals surface area contributed by atoms with Crippen molar-refractivity contribution in [3.63, 3.8) is 0 Å². The van der Waals surface area contributed by atoms with Crippen LogP contribution in [0.25, 0.3) is 11.2 Å². The fourth-order valence-corrected chi connectivity index (χ4v) is 3.38. The molecule has 0 saturated carbocycles. The molecule has 94 valence electrons. The molecule has 3 rings (SSSR count). The average Bonchev–Trinajstić information content (AvgIpc) is 2.92. The molecule has 0 amide bonds. The van der Waals surface area contributed by atoms with Gasteiger partial charge in [0.25, 0.3) is 0 Å². The van der Waals surface area contributed by atoms with Crippen LogP contribution in [0.2, 0.25) is 0 Å². The van der Waals surface area contributed by atoms with E-state index < -0.39 is 0 Å². The van der Waals surface area contributed by atoms with Crippen LogP contribution in [0, 0.1) is 18.6 Å². The molecule has 0 spiro atoms. The Morgan fingerprint density at radius 3 is 2.89 bits per heavy atom. The number of aryl methyl sites for hydroxylation is 3. The van der Waals surface area contributed by atoms with E-state index in [1.807, 2.05) is 18.7 Å². The minimum absolute atomic E-state index is 0.758. The Labute approximate surface area is 114 Å². The molecule has 0 aromatic carbocycles. The maximum Gasteiger partial charge on any atom is 0.179 e. The molecule has 1 N–H and O–H groups in total. The minimum Gasteiger partial charge on any atom is -0.328 e. The smallest absolute Gasteiger partial charge is 0.179 e. The molecular weight excluding hydrogens is 264 g/mol. The summed E-state index contributed by atoms with van der Waals surface area (Å²) in [5, 5.41) is 6.54. The molecule has 6 heteroatoms. The molecule has 0 unspecified atom stereocenters. The zero-order valence-electron chi connectivity index (χ0n) is 10.5. The fraction of sp³-hybridized carbons (Fsp3) is 0.333. The molecule has 0 radical (unpaired) electrons. The number of imidazole rings is 1. The van der Waals surface area contributed by atoms with Gasteiger partial charge in [-0.1, -0.05) is 0 Å². The number of hydrogen-bond acceptors (Lipinski definition) is 3. The summed E-state index contributed by atoms with van der Waals surface area (Å²) in [7, 11) is 1.95. The minimum atomic E-state index is 0.758. The van der Waals surface area contributed by atoms with Crippen LogP contribution in [0.3, 0.4) is 0 Å². The highest BCUT2D eigenvalue weighted by atomic mass is 32.1. The summed E-state index contributed by atoms with van der Waals surface area (Å²) in [5.74, 6) is 0. The summed E-state index contributed by atoms with van der Waals surface area (Å²) >= 11 is 7.18. The van der Waals surface area contributed by atoms with E-state index in [-0.39, 0.29) is 0 Å². The number of rotatable bonds is 2.